The van der Waals surface area contributed by atoms with Crippen molar-refractivity contribution in [1.82, 2.24) is 20.1 Å². The number of nitrogens with two attached hydrogens (primary N) is 2. The van der Waals surface area contributed by atoms with Gasteiger partial charge in [0.1, 0.15) is 11.6 Å². The van der Waals surface area contributed by atoms with Crippen LogP contribution < -0.4 is 21.5 Å². The predicted octanol–water partition coefficient (Wildman–Crippen LogP) is 1.01. The van der Waals surface area contributed by atoms with Crippen LogP contribution in [-0.2, 0) is 17.9 Å². The third kappa shape index (κ3) is 5.32. The van der Waals surface area contributed by atoms with Gasteiger partial charge in [-0.3, -0.25) is 14.3 Å². The summed E-state index contributed by atoms with van der Waals surface area (Å²) in [7, 11) is 0. The smallest absolute Gasteiger partial charge is 0.255 e. The van der Waals surface area contributed by atoms with Crippen LogP contribution in [0.5, 0.6) is 5.75 Å². The summed E-state index contributed by atoms with van der Waals surface area (Å²) < 4.78 is 7.10. The Balaban J connectivity index is 1.67. The number of benzene rings is 1. The van der Waals surface area contributed by atoms with Crippen molar-refractivity contribution in [2.45, 2.75) is 20.0 Å². The first-order chi connectivity index (χ1) is 13.9. The molecule has 0 spiro atoms. The number of carbonyl (C=O) groups excluding carboxylic acids is 2. The number of pyridine rings is 1. The fourth-order valence-electron chi connectivity index (χ4n) is 2.79. The Kier molecular flexibility index (Phi) is 6.08. The maximum absolute atomic E-state index is 12.5. The molecular formula is C20H22N6O3. The zero-order valence-corrected chi connectivity index (χ0v) is 16.0. The molecule has 0 aliphatic carbocycles. The monoisotopic (exact) mass is 394 g/mol. The minimum absolute atomic E-state index is 0.149. The lowest BCUT2D eigenvalue weighted by atomic mass is 10.1. The van der Waals surface area contributed by atoms with E-state index in [1.165, 1.54) is 12.3 Å². The highest BCUT2D eigenvalue weighted by atomic mass is 16.5. The molecule has 150 valence electrons. The molecule has 0 aliphatic rings. The van der Waals surface area contributed by atoms with Crippen LogP contribution in [-0.4, -0.2) is 33.2 Å². The normalized spacial score (nSPS) is 10.5. The quantitative estimate of drug-likeness (QED) is 0.521. The van der Waals surface area contributed by atoms with Gasteiger partial charge in [0.15, 0.2) is 6.61 Å². The number of nitrogens with one attached hydrogen (secondary N) is 1. The van der Waals surface area contributed by atoms with Crippen LogP contribution >= 0.6 is 0 Å². The highest BCUT2D eigenvalue weighted by molar-refractivity contribution is 5.93. The number of nitrogens with zero attached hydrogens (tertiary/aromatic N) is 3. The van der Waals surface area contributed by atoms with Crippen molar-refractivity contribution in [3.63, 3.8) is 0 Å². The first-order valence-corrected chi connectivity index (χ1v) is 8.94. The molecule has 0 radical (unpaired) electrons. The second-order valence-electron chi connectivity index (χ2n) is 6.46. The summed E-state index contributed by atoms with van der Waals surface area (Å²) in [5, 5.41) is 7.05. The average Bonchev–Trinajstić information content (AvgIpc) is 3.14. The molecule has 1 aromatic carbocycles. The lowest BCUT2D eigenvalue weighted by Gasteiger charge is -2.14. The third-order valence-corrected chi connectivity index (χ3v) is 4.19. The lowest BCUT2D eigenvalue weighted by molar-refractivity contribution is -0.119. The molecular weight excluding hydrogens is 372 g/mol. The van der Waals surface area contributed by atoms with Gasteiger partial charge < -0.3 is 21.5 Å². The van der Waals surface area contributed by atoms with E-state index in [1.54, 1.807) is 17.8 Å². The highest BCUT2D eigenvalue weighted by Gasteiger charge is 2.14. The van der Waals surface area contributed by atoms with E-state index in [0.717, 1.165) is 5.56 Å². The second-order valence-corrected chi connectivity index (χ2v) is 6.46. The molecule has 3 rings (SSSR count). The van der Waals surface area contributed by atoms with Crippen LogP contribution in [0.2, 0.25) is 0 Å². The maximum atomic E-state index is 12.5. The topological polar surface area (TPSA) is 138 Å². The zero-order chi connectivity index (χ0) is 20.8. The van der Waals surface area contributed by atoms with Crippen molar-refractivity contribution in [2.24, 2.45) is 5.73 Å². The van der Waals surface area contributed by atoms with E-state index in [4.69, 9.17) is 16.2 Å². The molecule has 9 heteroatoms. The predicted molar refractivity (Wildman–Crippen MR) is 107 cm³/mol. The Morgan fingerprint density at radius 1 is 1.24 bits per heavy atom. The Morgan fingerprint density at radius 3 is 2.72 bits per heavy atom. The van der Waals surface area contributed by atoms with E-state index in [-0.39, 0.29) is 24.9 Å². The third-order valence-electron chi connectivity index (χ3n) is 4.19. The van der Waals surface area contributed by atoms with Crippen molar-refractivity contribution in [1.29, 1.82) is 0 Å². The molecule has 0 atom stereocenters. The molecule has 3 aromatic rings. The number of carbonyl (C=O) groups is 2. The van der Waals surface area contributed by atoms with Crippen molar-refractivity contribution in [3.05, 3.63) is 71.2 Å². The Morgan fingerprint density at radius 2 is 2.00 bits per heavy atom. The van der Waals surface area contributed by atoms with Gasteiger partial charge in [0.2, 0.25) is 0 Å². The van der Waals surface area contributed by atoms with Crippen LogP contribution in [0, 0.1) is 6.92 Å². The first kappa shape index (κ1) is 19.9. The number of rotatable bonds is 8. The Labute approximate surface area is 167 Å². The highest BCUT2D eigenvalue weighted by Crippen LogP contribution is 2.23. The largest absolute Gasteiger partial charge is 0.483 e. The van der Waals surface area contributed by atoms with Gasteiger partial charge in [-0.1, -0.05) is 30.3 Å². The number of aromatic nitrogens is 3. The molecule has 0 bridgehead atoms. The second kappa shape index (κ2) is 8.87. The summed E-state index contributed by atoms with van der Waals surface area (Å²) in [5.74, 6) is -0.298. The van der Waals surface area contributed by atoms with Gasteiger partial charge in [0.05, 0.1) is 18.3 Å². The van der Waals surface area contributed by atoms with Crippen molar-refractivity contribution < 1.29 is 14.3 Å². The molecule has 9 nitrogen and oxygen atoms in total. The fourth-order valence-corrected chi connectivity index (χ4v) is 2.79. The van der Waals surface area contributed by atoms with Gasteiger partial charge in [-0.2, -0.15) is 5.10 Å². The van der Waals surface area contributed by atoms with Gasteiger partial charge in [0, 0.05) is 30.1 Å². The van der Waals surface area contributed by atoms with Gasteiger partial charge >= 0.3 is 0 Å². The average molecular weight is 394 g/mol. The SMILES string of the molecule is Cc1nc(N)cc(OCC(N)=O)c1CNC(=O)c1cnn(Cc2ccccc2)c1. The summed E-state index contributed by atoms with van der Waals surface area (Å²) in [6.45, 7) is 2.17. The molecule has 2 amide bonds. The van der Waals surface area contributed by atoms with E-state index in [1.807, 2.05) is 30.3 Å². The number of primary amides is 1. The number of aryl methyl sites for hydroxylation is 1. The van der Waals surface area contributed by atoms with Crippen molar-refractivity contribution in [3.8, 4) is 5.75 Å². The summed E-state index contributed by atoms with van der Waals surface area (Å²) in [4.78, 5) is 27.7. The number of hydrogen-bond donors (Lipinski definition) is 3. The summed E-state index contributed by atoms with van der Waals surface area (Å²) in [5.41, 5.74) is 13.6. The van der Waals surface area contributed by atoms with E-state index in [9.17, 15) is 9.59 Å². The van der Waals surface area contributed by atoms with Crippen molar-refractivity contribution in [2.75, 3.05) is 12.3 Å². The summed E-state index contributed by atoms with van der Waals surface area (Å²) in [6, 6.07) is 11.3. The molecule has 0 saturated carbocycles. The Hall–Kier alpha value is -3.88. The first-order valence-electron chi connectivity index (χ1n) is 8.94. The van der Waals surface area contributed by atoms with E-state index in [2.05, 4.69) is 15.4 Å². The van der Waals surface area contributed by atoms with Crippen molar-refractivity contribution >= 4 is 17.6 Å². The maximum Gasteiger partial charge on any atom is 0.255 e. The summed E-state index contributed by atoms with van der Waals surface area (Å²) in [6.07, 6.45) is 3.19. The van der Waals surface area contributed by atoms with Crippen LogP contribution in [0.15, 0.2) is 48.8 Å². The molecule has 0 saturated heterocycles. The zero-order valence-electron chi connectivity index (χ0n) is 16.0. The number of ether oxygens (including phenoxy) is 1. The van der Waals surface area contributed by atoms with E-state index in [0.29, 0.717) is 29.1 Å². The minimum Gasteiger partial charge on any atom is -0.483 e. The molecule has 0 unspecified atom stereocenters. The number of nitrogen functional groups attached to an aromatic ring is 1. The van der Waals surface area contributed by atoms with Crippen LogP contribution in [0.4, 0.5) is 5.82 Å². The lowest BCUT2D eigenvalue weighted by Crippen LogP contribution is -2.25. The van der Waals surface area contributed by atoms with E-state index >= 15 is 0 Å². The van der Waals surface area contributed by atoms with Gasteiger partial charge in [0.25, 0.3) is 11.8 Å². The fraction of sp³-hybridized carbons (Fsp3) is 0.200. The molecule has 0 fully saturated rings. The van der Waals surface area contributed by atoms with E-state index < -0.39 is 5.91 Å². The molecule has 0 aliphatic heterocycles. The molecule has 2 heterocycles. The summed E-state index contributed by atoms with van der Waals surface area (Å²) >= 11 is 0. The van der Waals surface area contributed by atoms with Crippen LogP contribution in [0.1, 0.15) is 27.2 Å². The van der Waals surface area contributed by atoms with Gasteiger partial charge in [-0.05, 0) is 12.5 Å². The number of hydrogen-bond acceptors (Lipinski definition) is 6. The van der Waals surface area contributed by atoms with Gasteiger partial charge in [-0.15, -0.1) is 0 Å². The minimum atomic E-state index is -0.612. The number of amides is 2. The van der Waals surface area contributed by atoms with Crippen LogP contribution in [0.25, 0.3) is 0 Å². The molecule has 5 N–H and O–H groups in total. The van der Waals surface area contributed by atoms with Gasteiger partial charge in [-0.25, -0.2) is 4.98 Å². The Bertz CT molecular complexity index is 1020. The standard InChI is InChI=1S/C20H22N6O3/c1-13-16(17(7-18(21)25-13)29-12-19(22)27)9-23-20(28)15-8-24-26(11-15)10-14-5-3-2-4-6-14/h2-8,11H,9-10,12H2,1H3,(H2,21,25)(H2,22,27)(H,23,28). The molecule has 2 aromatic heterocycles. The molecule has 29 heavy (non-hydrogen) atoms. The number of anilines is 1. The van der Waals surface area contributed by atoms with Crippen LogP contribution in [0.3, 0.4) is 0 Å².